The summed E-state index contributed by atoms with van der Waals surface area (Å²) < 4.78 is 21.4. The van der Waals surface area contributed by atoms with Crippen LogP contribution in [-0.2, 0) is 0 Å². The van der Waals surface area contributed by atoms with Crippen molar-refractivity contribution in [2.24, 2.45) is 0 Å². The van der Waals surface area contributed by atoms with E-state index >= 15 is 0 Å². The lowest BCUT2D eigenvalue weighted by atomic mass is 10.1. The van der Waals surface area contributed by atoms with E-state index in [4.69, 9.17) is 18.6 Å². The first-order valence-corrected chi connectivity index (χ1v) is 6.49. The van der Waals surface area contributed by atoms with Crippen LogP contribution in [0.25, 0.3) is 21.9 Å². The predicted molar refractivity (Wildman–Crippen MR) is 81.3 cm³/mol. The minimum atomic E-state index is -0.269. The van der Waals surface area contributed by atoms with Crippen LogP contribution in [0.2, 0.25) is 0 Å². The van der Waals surface area contributed by atoms with Crippen molar-refractivity contribution in [1.82, 2.24) is 0 Å². The van der Waals surface area contributed by atoms with Gasteiger partial charge in [-0.25, -0.2) is 0 Å². The van der Waals surface area contributed by atoms with Crippen molar-refractivity contribution < 1.29 is 23.7 Å². The van der Waals surface area contributed by atoms with E-state index in [-0.39, 0.29) is 33.5 Å². The van der Waals surface area contributed by atoms with Gasteiger partial charge in [0.15, 0.2) is 11.3 Å². The number of hydrogen-bond acceptors (Lipinski definition) is 6. The SMILES string of the molecule is COc1ccc2c(=O)c3c(OC)cc(O)cc3oc2c1OC. The monoisotopic (exact) mass is 302 g/mol. The van der Waals surface area contributed by atoms with Gasteiger partial charge in [0.05, 0.1) is 26.7 Å². The van der Waals surface area contributed by atoms with Crippen molar-refractivity contribution >= 4 is 21.9 Å². The Bertz CT molecular complexity index is 925. The van der Waals surface area contributed by atoms with Crippen molar-refractivity contribution in [3.8, 4) is 23.0 Å². The summed E-state index contributed by atoms with van der Waals surface area (Å²) in [6.07, 6.45) is 0. The Balaban J connectivity index is 2.55. The Morgan fingerprint density at radius 1 is 1.00 bits per heavy atom. The van der Waals surface area contributed by atoms with E-state index in [9.17, 15) is 9.90 Å². The molecule has 2 aromatic carbocycles. The van der Waals surface area contributed by atoms with Crippen molar-refractivity contribution in [1.29, 1.82) is 0 Å². The number of aromatic hydroxyl groups is 1. The van der Waals surface area contributed by atoms with E-state index < -0.39 is 0 Å². The van der Waals surface area contributed by atoms with Crippen LogP contribution in [0, 0.1) is 0 Å². The Labute approximate surface area is 125 Å². The molecule has 0 saturated carbocycles. The molecular formula is C16H14O6. The lowest BCUT2D eigenvalue weighted by molar-refractivity contribution is 0.354. The maximum atomic E-state index is 12.7. The van der Waals surface area contributed by atoms with Gasteiger partial charge >= 0.3 is 0 Å². The van der Waals surface area contributed by atoms with Crippen LogP contribution < -0.4 is 19.6 Å². The summed E-state index contributed by atoms with van der Waals surface area (Å²) in [5.74, 6) is 0.958. The summed E-state index contributed by atoms with van der Waals surface area (Å²) in [7, 11) is 4.38. The zero-order valence-electron chi connectivity index (χ0n) is 12.3. The molecule has 0 atom stereocenters. The normalized spacial score (nSPS) is 10.9. The zero-order chi connectivity index (χ0) is 15.9. The minimum Gasteiger partial charge on any atom is -0.508 e. The molecule has 1 heterocycles. The second-order valence-electron chi connectivity index (χ2n) is 4.63. The lowest BCUT2D eigenvalue weighted by Crippen LogP contribution is -2.05. The average Bonchev–Trinajstić information content (AvgIpc) is 2.52. The fourth-order valence-corrected chi connectivity index (χ4v) is 2.46. The predicted octanol–water partition coefficient (Wildman–Crippen LogP) is 2.68. The van der Waals surface area contributed by atoms with E-state index in [2.05, 4.69) is 0 Å². The first-order valence-electron chi connectivity index (χ1n) is 6.49. The van der Waals surface area contributed by atoms with Crippen LogP contribution >= 0.6 is 0 Å². The molecule has 0 saturated heterocycles. The van der Waals surface area contributed by atoms with Gasteiger partial charge in [0.25, 0.3) is 0 Å². The third kappa shape index (κ3) is 1.92. The molecule has 0 spiro atoms. The highest BCUT2D eigenvalue weighted by molar-refractivity contribution is 5.96. The van der Waals surface area contributed by atoms with Gasteiger partial charge in [0.2, 0.25) is 11.2 Å². The van der Waals surface area contributed by atoms with E-state index in [1.807, 2.05) is 0 Å². The Hall–Kier alpha value is -2.89. The Morgan fingerprint density at radius 3 is 2.36 bits per heavy atom. The molecule has 0 aliphatic rings. The number of ether oxygens (including phenoxy) is 3. The number of methoxy groups -OCH3 is 3. The molecule has 22 heavy (non-hydrogen) atoms. The first kappa shape index (κ1) is 14.1. The highest BCUT2D eigenvalue weighted by atomic mass is 16.5. The van der Waals surface area contributed by atoms with Gasteiger partial charge in [-0.2, -0.15) is 0 Å². The summed E-state index contributed by atoms with van der Waals surface area (Å²) in [5, 5.41) is 10.3. The number of phenols is 1. The molecule has 3 aromatic rings. The maximum absolute atomic E-state index is 12.7. The van der Waals surface area contributed by atoms with Gasteiger partial charge in [-0.1, -0.05) is 0 Å². The Morgan fingerprint density at radius 2 is 1.73 bits per heavy atom. The molecule has 0 aliphatic carbocycles. The third-order valence-electron chi connectivity index (χ3n) is 3.45. The van der Waals surface area contributed by atoms with Gasteiger partial charge in [-0.05, 0) is 12.1 Å². The van der Waals surface area contributed by atoms with Crippen molar-refractivity contribution in [2.75, 3.05) is 21.3 Å². The van der Waals surface area contributed by atoms with Gasteiger partial charge in [0.1, 0.15) is 22.5 Å². The summed E-state index contributed by atoms with van der Waals surface area (Å²) >= 11 is 0. The van der Waals surface area contributed by atoms with Gasteiger partial charge in [-0.15, -0.1) is 0 Å². The second-order valence-corrected chi connectivity index (χ2v) is 4.63. The largest absolute Gasteiger partial charge is 0.508 e. The number of hydrogen-bond donors (Lipinski definition) is 1. The van der Waals surface area contributed by atoms with Crippen molar-refractivity contribution in [3.63, 3.8) is 0 Å². The fraction of sp³-hybridized carbons (Fsp3) is 0.188. The molecule has 114 valence electrons. The van der Waals surface area contributed by atoms with Crippen molar-refractivity contribution in [3.05, 3.63) is 34.5 Å². The van der Waals surface area contributed by atoms with Crippen LogP contribution in [-0.4, -0.2) is 26.4 Å². The second kappa shape index (κ2) is 5.14. The number of benzene rings is 2. The average molecular weight is 302 g/mol. The van der Waals surface area contributed by atoms with Crippen LogP contribution in [0.5, 0.6) is 23.0 Å². The summed E-state index contributed by atoms with van der Waals surface area (Å²) in [5.41, 5.74) is 0.196. The summed E-state index contributed by atoms with van der Waals surface area (Å²) in [6, 6.07) is 5.97. The molecule has 6 nitrogen and oxygen atoms in total. The standard InChI is InChI=1S/C16H14O6/c1-19-10-5-4-9-14(18)13-11(20-2)6-8(17)7-12(13)22-15(9)16(10)21-3/h4-7,17H,1-3H3. The Kier molecular flexibility index (Phi) is 3.29. The molecular weight excluding hydrogens is 288 g/mol. The van der Waals surface area contributed by atoms with E-state index in [0.29, 0.717) is 16.9 Å². The van der Waals surface area contributed by atoms with E-state index in [0.717, 1.165) is 0 Å². The fourth-order valence-electron chi connectivity index (χ4n) is 2.46. The number of fused-ring (bicyclic) bond motifs is 2. The molecule has 0 unspecified atom stereocenters. The maximum Gasteiger partial charge on any atom is 0.204 e. The highest BCUT2D eigenvalue weighted by Crippen LogP contribution is 2.37. The molecule has 0 aliphatic heterocycles. The quantitative estimate of drug-likeness (QED) is 0.749. The molecule has 1 N–H and O–H groups in total. The van der Waals surface area contributed by atoms with Gasteiger partial charge < -0.3 is 23.7 Å². The smallest absolute Gasteiger partial charge is 0.204 e. The van der Waals surface area contributed by atoms with Crippen LogP contribution in [0.4, 0.5) is 0 Å². The topological polar surface area (TPSA) is 78.1 Å². The highest BCUT2D eigenvalue weighted by Gasteiger charge is 2.18. The van der Waals surface area contributed by atoms with Crippen LogP contribution in [0.3, 0.4) is 0 Å². The van der Waals surface area contributed by atoms with Gasteiger partial charge in [-0.3, -0.25) is 4.79 Å². The summed E-state index contributed by atoms with van der Waals surface area (Å²) in [6.45, 7) is 0. The zero-order valence-corrected chi connectivity index (χ0v) is 12.3. The molecule has 3 rings (SSSR count). The minimum absolute atomic E-state index is 0.0614. The summed E-state index contributed by atoms with van der Waals surface area (Å²) in [4.78, 5) is 12.7. The molecule has 1 aromatic heterocycles. The molecule has 0 bridgehead atoms. The lowest BCUT2D eigenvalue weighted by Gasteiger charge is -2.11. The van der Waals surface area contributed by atoms with Crippen LogP contribution in [0.1, 0.15) is 0 Å². The van der Waals surface area contributed by atoms with Crippen molar-refractivity contribution in [2.45, 2.75) is 0 Å². The number of phenolic OH excluding ortho intramolecular Hbond substituents is 1. The van der Waals surface area contributed by atoms with E-state index in [1.54, 1.807) is 12.1 Å². The molecule has 6 heteroatoms. The van der Waals surface area contributed by atoms with E-state index in [1.165, 1.54) is 33.5 Å². The molecule has 0 radical (unpaired) electrons. The van der Waals surface area contributed by atoms with Crippen LogP contribution in [0.15, 0.2) is 33.5 Å². The first-order chi connectivity index (χ1) is 10.6. The number of rotatable bonds is 3. The molecule has 0 fully saturated rings. The van der Waals surface area contributed by atoms with Gasteiger partial charge in [0, 0.05) is 12.1 Å². The molecule has 0 amide bonds. The third-order valence-corrected chi connectivity index (χ3v) is 3.45.